The van der Waals surface area contributed by atoms with E-state index in [1.54, 1.807) is 0 Å². The van der Waals surface area contributed by atoms with Crippen molar-refractivity contribution in [2.75, 3.05) is 5.43 Å². The highest BCUT2D eigenvalue weighted by Gasteiger charge is 2.17. The molecule has 0 radical (unpaired) electrons. The van der Waals surface area contributed by atoms with Gasteiger partial charge in [-0.1, -0.05) is 18.2 Å². The van der Waals surface area contributed by atoms with Gasteiger partial charge in [-0.25, -0.2) is 15.8 Å². The van der Waals surface area contributed by atoms with Crippen molar-refractivity contribution in [1.29, 1.82) is 0 Å². The van der Waals surface area contributed by atoms with Crippen LogP contribution in [0.25, 0.3) is 0 Å². The second-order valence-electron chi connectivity index (χ2n) is 5.86. The minimum Gasteiger partial charge on any atom is -0.308 e. The van der Waals surface area contributed by atoms with Crippen molar-refractivity contribution in [2.45, 2.75) is 46.0 Å². The Labute approximate surface area is 125 Å². The van der Waals surface area contributed by atoms with Crippen LogP contribution in [0, 0.1) is 13.8 Å². The van der Waals surface area contributed by atoms with Crippen LogP contribution in [0.15, 0.2) is 18.2 Å². The zero-order valence-electron chi connectivity index (χ0n) is 12.7. The first-order valence-corrected chi connectivity index (χ1v) is 7.59. The number of nitrogens with zero attached hydrogens (tertiary/aromatic N) is 2. The summed E-state index contributed by atoms with van der Waals surface area (Å²) in [6, 6.07) is 6.53. The summed E-state index contributed by atoms with van der Waals surface area (Å²) in [5.41, 5.74) is 8.99. The number of nitrogens with two attached hydrogens (primary N) is 1. The molecule has 0 fully saturated rings. The quantitative estimate of drug-likeness (QED) is 0.671. The van der Waals surface area contributed by atoms with Gasteiger partial charge in [-0.15, -0.1) is 0 Å². The van der Waals surface area contributed by atoms with Crippen LogP contribution >= 0.6 is 0 Å². The largest absolute Gasteiger partial charge is 0.308 e. The van der Waals surface area contributed by atoms with E-state index in [2.05, 4.69) is 42.5 Å². The summed E-state index contributed by atoms with van der Waals surface area (Å²) in [5.74, 6) is 7.30. The van der Waals surface area contributed by atoms with Gasteiger partial charge in [0.2, 0.25) is 0 Å². The van der Waals surface area contributed by atoms with E-state index in [0.717, 1.165) is 30.9 Å². The Kier molecular flexibility index (Phi) is 3.88. The van der Waals surface area contributed by atoms with Crippen molar-refractivity contribution in [3.8, 4) is 0 Å². The zero-order chi connectivity index (χ0) is 14.8. The normalized spacial score (nSPS) is 13.9. The molecular weight excluding hydrogens is 260 g/mol. The van der Waals surface area contributed by atoms with E-state index >= 15 is 0 Å². The molecule has 0 saturated heterocycles. The summed E-state index contributed by atoms with van der Waals surface area (Å²) < 4.78 is 0. The highest BCUT2D eigenvalue weighted by Crippen LogP contribution is 2.25. The molecule has 4 nitrogen and oxygen atoms in total. The summed E-state index contributed by atoms with van der Waals surface area (Å²) in [4.78, 5) is 9.37. The van der Waals surface area contributed by atoms with Gasteiger partial charge in [0, 0.05) is 17.7 Å². The van der Waals surface area contributed by atoms with Crippen LogP contribution in [0.3, 0.4) is 0 Å². The maximum Gasteiger partial charge on any atom is 0.147 e. The minimum atomic E-state index is 0.753. The Hall–Kier alpha value is -1.94. The third kappa shape index (κ3) is 2.90. The van der Waals surface area contributed by atoms with Crippen molar-refractivity contribution in [1.82, 2.24) is 9.97 Å². The third-order valence-corrected chi connectivity index (χ3v) is 4.30. The van der Waals surface area contributed by atoms with Crippen LogP contribution in [0.1, 0.15) is 46.6 Å². The molecule has 1 aromatic carbocycles. The smallest absolute Gasteiger partial charge is 0.147 e. The molecular formula is C17H22N4. The van der Waals surface area contributed by atoms with Gasteiger partial charge in [-0.05, 0) is 56.2 Å². The lowest BCUT2D eigenvalue weighted by Gasteiger charge is -2.18. The minimum absolute atomic E-state index is 0.753. The number of hydrazine groups is 1. The molecule has 0 amide bonds. The Bertz CT molecular complexity index is 647. The fourth-order valence-electron chi connectivity index (χ4n) is 2.94. The summed E-state index contributed by atoms with van der Waals surface area (Å²) in [5, 5.41) is 0. The number of rotatable bonds is 3. The number of hydrogen-bond acceptors (Lipinski definition) is 4. The standard InChI is InChI=1S/C17H22N4/c1-11-7-8-13(9-12(11)2)10-16-19-15-6-4-3-5-14(15)17(20-16)21-18/h7-9H,3-6,10,18H2,1-2H3,(H,19,20,21). The lowest BCUT2D eigenvalue weighted by molar-refractivity contribution is 0.657. The summed E-state index contributed by atoms with van der Waals surface area (Å²) in [6.07, 6.45) is 5.22. The molecule has 0 saturated carbocycles. The van der Waals surface area contributed by atoms with Crippen LogP contribution in [-0.4, -0.2) is 9.97 Å². The van der Waals surface area contributed by atoms with Gasteiger partial charge < -0.3 is 5.43 Å². The van der Waals surface area contributed by atoms with Gasteiger partial charge in [0.05, 0.1) is 0 Å². The molecule has 1 aromatic heterocycles. The Morgan fingerprint density at radius 2 is 1.90 bits per heavy atom. The summed E-state index contributed by atoms with van der Waals surface area (Å²) >= 11 is 0. The van der Waals surface area contributed by atoms with Crippen molar-refractivity contribution < 1.29 is 0 Å². The van der Waals surface area contributed by atoms with E-state index in [1.165, 1.54) is 40.8 Å². The second-order valence-corrected chi connectivity index (χ2v) is 5.86. The van der Waals surface area contributed by atoms with Crippen LogP contribution in [-0.2, 0) is 19.3 Å². The number of anilines is 1. The predicted octanol–water partition coefficient (Wildman–Crippen LogP) is 2.85. The molecule has 21 heavy (non-hydrogen) atoms. The molecule has 1 aliphatic rings. The van der Waals surface area contributed by atoms with Gasteiger partial charge in [-0.3, -0.25) is 0 Å². The monoisotopic (exact) mass is 282 g/mol. The molecule has 0 unspecified atom stereocenters. The Morgan fingerprint density at radius 3 is 2.67 bits per heavy atom. The number of aromatic nitrogens is 2. The number of nitrogens with one attached hydrogen (secondary N) is 1. The van der Waals surface area contributed by atoms with Crippen molar-refractivity contribution in [3.63, 3.8) is 0 Å². The highest BCUT2D eigenvalue weighted by atomic mass is 15.3. The molecule has 1 aliphatic carbocycles. The number of nitrogen functional groups attached to an aromatic ring is 1. The van der Waals surface area contributed by atoms with Gasteiger partial charge in [-0.2, -0.15) is 0 Å². The van der Waals surface area contributed by atoms with Gasteiger partial charge >= 0.3 is 0 Å². The highest BCUT2D eigenvalue weighted by molar-refractivity contribution is 5.47. The number of hydrogen-bond donors (Lipinski definition) is 2. The number of fused-ring (bicyclic) bond motifs is 1. The van der Waals surface area contributed by atoms with E-state index in [1.807, 2.05) is 0 Å². The molecule has 0 atom stereocenters. The third-order valence-electron chi connectivity index (χ3n) is 4.30. The van der Waals surface area contributed by atoms with Crippen molar-refractivity contribution in [3.05, 3.63) is 52.0 Å². The van der Waals surface area contributed by atoms with Crippen molar-refractivity contribution >= 4 is 5.82 Å². The molecule has 3 rings (SSSR count). The van der Waals surface area contributed by atoms with Gasteiger partial charge in [0.25, 0.3) is 0 Å². The predicted molar refractivity (Wildman–Crippen MR) is 85.2 cm³/mol. The van der Waals surface area contributed by atoms with Gasteiger partial charge in [0.1, 0.15) is 11.6 Å². The number of aryl methyl sites for hydroxylation is 3. The average Bonchev–Trinajstić information content (AvgIpc) is 2.50. The van der Waals surface area contributed by atoms with Crippen molar-refractivity contribution in [2.24, 2.45) is 5.84 Å². The first-order valence-electron chi connectivity index (χ1n) is 7.59. The molecule has 4 heteroatoms. The molecule has 0 aliphatic heterocycles. The van der Waals surface area contributed by atoms with Crippen LogP contribution in [0.5, 0.6) is 0 Å². The Balaban J connectivity index is 1.93. The molecule has 0 spiro atoms. The second kappa shape index (κ2) is 5.82. The molecule has 3 N–H and O–H groups in total. The fourth-order valence-corrected chi connectivity index (χ4v) is 2.94. The van der Waals surface area contributed by atoms with Crippen LogP contribution in [0.4, 0.5) is 5.82 Å². The molecule has 0 bridgehead atoms. The van der Waals surface area contributed by atoms with Crippen LogP contribution in [0.2, 0.25) is 0 Å². The van der Waals surface area contributed by atoms with E-state index in [-0.39, 0.29) is 0 Å². The fraction of sp³-hybridized carbons (Fsp3) is 0.412. The summed E-state index contributed by atoms with van der Waals surface area (Å²) in [7, 11) is 0. The summed E-state index contributed by atoms with van der Waals surface area (Å²) in [6.45, 7) is 4.27. The van der Waals surface area contributed by atoms with E-state index in [0.29, 0.717) is 0 Å². The van der Waals surface area contributed by atoms with Gasteiger partial charge in [0.15, 0.2) is 0 Å². The topological polar surface area (TPSA) is 63.8 Å². The first-order chi connectivity index (χ1) is 10.2. The molecule has 1 heterocycles. The molecule has 110 valence electrons. The first kappa shape index (κ1) is 14.0. The average molecular weight is 282 g/mol. The molecule has 2 aromatic rings. The Morgan fingerprint density at radius 1 is 1.10 bits per heavy atom. The maximum absolute atomic E-state index is 5.64. The van der Waals surface area contributed by atoms with E-state index in [4.69, 9.17) is 10.8 Å². The SMILES string of the molecule is Cc1ccc(Cc2nc3c(c(NN)n2)CCCC3)cc1C. The van der Waals surface area contributed by atoms with Crippen LogP contribution < -0.4 is 11.3 Å². The van der Waals surface area contributed by atoms with E-state index < -0.39 is 0 Å². The maximum atomic E-state index is 5.64. The lowest BCUT2D eigenvalue weighted by atomic mass is 9.96. The zero-order valence-corrected chi connectivity index (χ0v) is 12.7. The lowest BCUT2D eigenvalue weighted by Crippen LogP contribution is -2.18. The van der Waals surface area contributed by atoms with E-state index in [9.17, 15) is 0 Å². The number of benzene rings is 1.